The molecule has 0 radical (unpaired) electrons. The topological polar surface area (TPSA) is 83.1 Å². The maximum absolute atomic E-state index is 4.78. The number of fused-ring (bicyclic) bond motifs is 8. The van der Waals surface area contributed by atoms with Crippen molar-refractivity contribution in [2.24, 2.45) is 0 Å². The standard InChI is InChI=1S/C38H24N6S2/c1-19-3-8-27-28-10-6-22(17-32(28)39-31(27)15-19)25-13-14-26(38-37(25)43-46-44-38)23-7-12-30-29-11-5-21(16-33(29)40-34(30)18-23)24-9-4-20(2)35-36(24)42-45-41-35/h3-18,39-40H,1-2H3. The summed E-state index contributed by atoms with van der Waals surface area (Å²) in [5.74, 6) is 0. The van der Waals surface area contributed by atoms with E-state index >= 15 is 0 Å². The number of nitrogens with zero attached hydrogens (tertiary/aromatic N) is 4. The van der Waals surface area contributed by atoms with Crippen LogP contribution in [0.5, 0.6) is 0 Å². The van der Waals surface area contributed by atoms with Crippen molar-refractivity contribution in [1.29, 1.82) is 0 Å². The number of hydrogen-bond donors (Lipinski definition) is 2. The lowest BCUT2D eigenvalue weighted by atomic mass is 9.96. The zero-order valence-corrected chi connectivity index (χ0v) is 26.5. The molecule has 0 unspecified atom stereocenters. The Morgan fingerprint density at radius 2 is 0.804 bits per heavy atom. The maximum Gasteiger partial charge on any atom is 0.113 e. The van der Waals surface area contributed by atoms with Crippen molar-refractivity contribution in [2.45, 2.75) is 13.8 Å². The fraction of sp³-hybridized carbons (Fsp3) is 0.0526. The number of rotatable bonds is 3. The Kier molecular flexibility index (Phi) is 5.35. The summed E-state index contributed by atoms with van der Waals surface area (Å²) in [5.41, 5.74) is 17.3. The predicted molar refractivity (Wildman–Crippen MR) is 193 cm³/mol. The second-order valence-corrected chi connectivity index (χ2v) is 13.2. The molecule has 8 heteroatoms. The summed E-state index contributed by atoms with van der Waals surface area (Å²) in [5, 5.41) is 4.87. The van der Waals surface area contributed by atoms with Gasteiger partial charge in [0.15, 0.2) is 0 Å². The fourth-order valence-corrected chi connectivity index (χ4v) is 8.19. The molecule has 0 aliphatic heterocycles. The number of aromatic amines is 2. The Balaban J connectivity index is 1.06. The monoisotopic (exact) mass is 628 g/mol. The first-order chi connectivity index (χ1) is 22.6. The van der Waals surface area contributed by atoms with E-state index in [9.17, 15) is 0 Å². The third-order valence-corrected chi connectivity index (χ3v) is 10.4. The van der Waals surface area contributed by atoms with Gasteiger partial charge in [-0.05, 0) is 65.9 Å². The molecule has 218 valence electrons. The third-order valence-electron chi connectivity index (χ3n) is 9.32. The normalized spacial score (nSPS) is 12.1. The van der Waals surface area contributed by atoms with Crippen LogP contribution in [0, 0.1) is 13.8 Å². The molecule has 46 heavy (non-hydrogen) atoms. The Labute approximate surface area is 271 Å². The molecule has 0 fully saturated rings. The first-order valence-electron chi connectivity index (χ1n) is 15.1. The molecule has 4 heterocycles. The SMILES string of the molecule is Cc1ccc2c(c1)[nH]c1cc(-c3ccc(-c4ccc5c(c4)[nH]c4cc(-c6ccc(C)c7nsnc67)ccc45)c4nsnc34)ccc12. The van der Waals surface area contributed by atoms with Gasteiger partial charge in [-0.1, -0.05) is 72.8 Å². The van der Waals surface area contributed by atoms with E-state index in [0.29, 0.717) is 0 Å². The van der Waals surface area contributed by atoms with Crippen LogP contribution in [0.15, 0.2) is 97.1 Å². The Bertz CT molecular complexity index is 2850. The minimum Gasteiger partial charge on any atom is -0.354 e. The molecular weight excluding hydrogens is 605 g/mol. The molecular formula is C38H24N6S2. The van der Waals surface area contributed by atoms with Gasteiger partial charge in [-0.15, -0.1) is 0 Å². The van der Waals surface area contributed by atoms with Gasteiger partial charge in [0.1, 0.15) is 22.1 Å². The van der Waals surface area contributed by atoms with E-state index in [1.54, 1.807) is 0 Å². The number of H-pyrrole nitrogens is 2. The number of aromatic nitrogens is 6. The van der Waals surface area contributed by atoms with Crippen LogP contribution in [0.3, 0.4) is 0 Å². The average molecular weight is 629 g/mol. The van der Waals surface area contributed by atoms with Crippen LogP contribution < -0.4 is 0 Å². The number of aryl methyl sites for hydroxylation is 2. The largest absolute Gasteiger partial charge is 0.354 e. The molecule has 0 amide bonds. The molecule has 0 atom stereocenters. The third kappa shape index (κ3) is 3.74. The first kappa shape index (κ1) is 25.8. The minimum atomic E-state index is 0.924. The summed E-state index contributed by atoms with van der Waals surface area (Å²) in [4.78, 5) is 7.31. The summed E-state index contributed by atoms with van der Waals surface area (Å²) in [6.07, 6.45) is 0. The predicted octanol–water partition coefficient (Wildman–Crippen LogP) is 10.6. The van der Waals surface area contributed by atoms with Gasteiger partial charge in [0.25, 0.3) is 0 Å². The molecule has 0 aliphatic rings. The van der Waals surface area contributed by atoms with E-state index < -0.39 is 0 Å². The van der Waals surface area contributed by atoms with Gasteiger partial charge in [0.05, 0.1) is 23.5 Å². The molecule has 4 aromatic heterocycles. The van der Waals surface area contributed by atoms with Crippen molar-refractivity contribution in [1.82, 2.24) is 27.5 Å². The van der Waals surface area contributed by atoms with Crippen LogP contribution in [-0.2, 0) is 0 Å². The van der Waals surface area contributed by atoms with Crippen molar-refractivity contribution < 1.29 is 0 Å². The lowest BCUT2D eigenvalue weighted by molar-refractivity contribution is 1.47. The van der Waals surface area contributed by atoms with Crippen LogP contribution in [0.2, 0.25) is 0 Å². The van der Waals surface area contributed by atoms with Gasteiger partial charge in [-0.3, -0.25) is 0 Å². The lowest BCUT2D eigenvalue weighted by Crippen LogP contribution is -1.86. The van der Waals surface area contributed by atoms with E-state index in [0.717, 1.165) is 83.1 Å². The van der Waals surface area contributed by atoms with Gasteiger partial charge in [0.2, 0.25) is 0 Å². The molecule has 0 bridgehead atoms. The molecule has 6 aromatic carbocycles. The van der Waals surface area contributed by atoms with Crippen LogP contribution >= 0.6 is 23.5 Å². The molecule has 0 aliphatic carbocycles. The maximum atomic E-state index is 4.78. The molecule has 10 aromatic rings. The Hall–Kier alpha value is -5.44. The van der Waals surface area contributed by atoms with Crippen molar-refractivity contribution in [3.63, 3.8) is 0 Å². The summed E-state index contributed by atoms with van der Waals surface area (Å²) in [6, 6.07) is 35.1. The van der Waals surface area contributed by atoms with E-state index in [1.165, 1.54) is 50.6 Å². The molecule has 0 saturated heterocycles. The van der Waals surface area contributed by atoms with Crippen molar-refractivity contribution in [3.8, 4) is 33.4 Å². The lowest BCUT2D eigenvalue weighted by Gasteiger charge is -2.08. The minimum absolute atomic E-state index is 0.924. The van der Waals surface area contributed by atoms with Gasteiger partial charge < -0.3 is 9.97 Å². The van der Waals surface area contributed by atoms with Crippen molar-refractivity contribution in [2.75, 3.05) is 0 Å². The molecule has 0 saturated carbocycles. The molecule has 10 rings (SSSR count). The van der Waals surface area contributed by atoms with E-state index in [2.05, 4.69) is 130 Å². The van der Waals surface area contributed by atoms with Gasteiger partial charge >= 0.3 is 0 Å². The highest BCUT2D eigenvalue weighted by Gasteiger charge is 2.17. The molecule has 2 N–H and O–H groups in total. The van der Waals surface area contributed by atoms with Crippen molar-refractivity contribution in [3.05, 3.63) is 108 Å². The second kappa shape index (κ2) is 9.53. The quantitative estimate of drug-likeness (QED) is 0.204. The highest BCUT2D eigenvalue weighted by molar-refractivity contribution is 7.00. The van der Waals surface area contributed by atoms with Crippen LogP contribution in [-0.4, -0.2) is 27.5 Å². The zero-order valence-electron chi connectivity index (χ0n) is 24.8. The van der Waals surface area contributed by atoms with Gasteiger partial charge in [-0.25, -0.2) is 0 Å². The number of hydrogen-bond acceptors (Lipinski definition) is 6. The molecule has 6 nitrogen and oxygen atoms in total. The summed E-state index contributed by atoms with van der Waals surface area (Å²) in [7, 11) is 0. The van der Waals surface area contributed by atoms with Crippen molar-refractivity contribution >= 4 is 89.1 Å². The number of nitrogens with one attached hydrogen (secondary N) is 2. The summed E-state index contributed by atoms with van der Waals surface area (Å²) < 4.78 is 18.7. The second-order valence-electron chi connectivity index (χ2n) is 12.1. The Morgan fingerprint density at radius 3 is 1.30 bits per heavy atom. The van der Waals surface area contributed by atoms with Crippen LogP contribution in [0.1, 0.15) is 11.1 Å². The highest BCUT2D eigenvalue weighted by Crippen LogP contribution is 2.39. The molecule has 0 spiro atoms. The summed E-state index contributed by atoms with van der Waals surface area (Å²) in [6.45, 7) is 4.21. The fourth-order valence-electron chi connectivity index (χ4n) is 6.99. The van der Waals surface area contributed by atoms with Crippen LogP contribution in [0.4, 0.5) is 0 Å². The van der Waals surface area contributed by atoms with Gasteiger partial charge in [-0.2, -0.15) is 17.5 Å². The Morgan fingerprint density at radius 1 is 0.413 bits per heavy atom. The first-order valence-corrected chi connectivity index (χ1v) is 16.6. The van der Waals surface area contributed by atoms with Gasteiger partial charge in [0, 0.05) is 60.3 Å². The number of benzene rings is 6. The summed E-state index contributed by atoms with van der Waals surface area (Å²) >= 11 is 2.53. The highest BCUT2D eigenvalue weighted by atomic mass is 32.1. The zero-order chi connectivity index (χ0) is 30.5. The van der Waals surface area contributed by atoms with E-state index in [4.69, 9.17) is 8.75 Å². The smallest absolute Gasteiger partial charge is 0.113 e. The average Bonchev–Trinajstić information content (AvgIpc) is 3.88. The van der Waals surface area contributed by atoms with Crippen LogP contribution in [0.25, 0.3) is 99.1 Å². The van der Waals surface area contributed by atoms with E-state index in [-0.39, 0.29) is 0 Å². The van der Waals surface area contributed by atoms with E-state index in [1.807, 2.05) is 0 Å².